The topological polar surface area (TPSA) is 64.3 Å². The Hall–Kier alpha value is -1.35. The number of nitrogens with two attached hydrogens (primary N) is 1. The second-order valence-electron chi connectivity index (χ2n) is 3.18. The van der Waals surface area contributed by atoms with Gasteiger partial charge in [-0.25, -0.2) is 0 Å². The Kier molecular flexibility index (Phi) is 6.33. The van der Waals surface area contributed by atoms with E-state index in [9.17, 15) is 4.79 Å². The Morgan fingerprint density at radius 3 is 3.18 bits per heavy atom. The van der Waals surface area contributed by atoms with Crippen LogP contribution < -0.4 is 11.1 Å². The number of hydrogen-bond acceptors (Lipinski definition) is 4. The van der Waals surface area contributed by atoms with Gasteiger partial charge in [0.2, 0.25) is 5.91 Å². The van der Waals surface area contributed by atoms with Crippen molar-refractivity contribution >= 4 is 17.2 Å². The summed E-state index contributed by atoms with van der Waals surface area (Å²) in [6, 6.07) is 1.93. The Morgan fingerprint density at radius 1 is 1.65 bits per heavy atom. The van der Waals surface area contributed by atoms with Crippen LogP contribution in [-0.4, -0.2) is 25.7 Å². The van der Waals surface area contributed by atoms with Crippen LogP contribution in [0.3, 0.4) is 0 Å². The monoisotopic (exact) mass is 252 g/mol. The molecule has 3 N–H and O–H groups in total. The Morgan fingerprint density at radius 2 is 2.47 bits per heavy atom. The molecule has 0 aliphatic carbocycles. The van der Waals surface area contributed by atoms with Gasteiger partial charge >= 0.3 is 0 Å². The molecule has 5 heteroatoms. The maximum absolute atomic E-state index is 11.3. The highest BCUT2D eigenvalue weighted by Crippen LogP contribution is 2.15. The lowest BCUT2D eigenvalue weighted by atomic mass is 10.2. The standard InChI is InChI=1S/C12H16N2O2S/c1-2-16-9-12(15)14-8-11-10(4-3-6-13)5-7-17-11/h5,7H,2,6,8-9,13H2,1H3,(H,14,15). The summed E-state index contributed by atoms with van der Waals surface area (Å²) in [5.74, 6) is 5.66. The SMILES string of the molecule is CCOCC(=O)NCc1sccc1C#CCN. The quantitative estimate of drug-likeness (QED) is 0.759. The average molecular weight is 252 g/mol. The normalized spacial score (nSPS) is 9.53. The number of carbonyl (C=O) groups is 1. The molecule has 92 valence electrons. The molecule has 0 saturated carbocycles. The molecule has 0 spiro atoms. The van der Waals surface area contributed by atoms with Gasteiger partial charge in [-0.05, 0) is 18.4 Å². The molecule has 1 aromatic heterocycles. The fourth-order valence-corrected chi connectivity index (χ4v) is 1.93. The predicted octanol–water partition coefficient (Wildman–Crippen LogP) is 0.711. The molecule has 0 fully saturated rings. The number of carbonyl (C=O) groups excluding carboxylic acids is 1. The van der Waals surface area contributed by atoms with Gasteiger partial charge in [0, 0.05) is 17.0 Å². The summed E-state index contributed by atoms with van der Waals surface area (Å²) in [7, 11) is 0. The Balaban J connectivity index is 2.46. The molecule has 0 aliphatic rings. The second kappa shape index (κ2) is 7.85. The molecule has 0 atom stereocenters. The molecular weight excluding hydrogens is 236 g/mol. The minimum Gasteiger partial charge on any atom is -0.372 e. The van der Waals surface area contributed by atoms with E-state index in [-0.39, 0.29) is 12.5 Å². The maximum atomic E-state index is 11.3. The van der Waals surface area contributed by atoms with Crippen LogP contribution in [0.25, 0.3) is 0 Å². The van der Waals surface area contributed by atoms with Crippen LogP contribution in [0.5, 0.6) is 0 Å². The average Bonchev–Trinajstić information content (AvgIpc) is 2.78. The molecule has 1 rings (SSSR count). The summed E-state index contributed by atoms with van der Waals surface area (Å²) in [6.45, 7) is 3.32. The fourth-order valence-electron chi connectivity index (χ4n) is 1.16. The Labute approximate surface area is 105 Å². The lowest BCUT2D eigenvalue weighted by molar-refractivity contribution is -0.125. The predicted molar refractivity (Wildman–Crippen MR) is 68.6 cm³/mol. The van der Waals surface area contributed by atoms with Gasteiger partial charge in [-0.3, -0.25) is 4.79 Å². The van der Waals surface area contributed by atoms with Crippen LogP contribution in [0.4, 0.5) is 0 Å². The van der Waals surface area contributed by atoms with Crippen LogP contribution in [0.15, 0.2) is 11.4 Å². The number of thiophene rings is 1. The molecule has 1 aromatic rings. The Bertz CT molecular complexity index is 418. The van der Waals surface area contributed by atoms with E-state index in [0.717, 1.165) is 10.4 Å². The third-order valence-electron chi connectivity index (χ3n) is 1.95. The summed E-state index contributed by atoms with van der Waals surface area (Å²) in [5, 5.41) is 4.73. The first kappa shape index (κ1) is 13.7. The largest absolute Gasteiger partial charge is 0.372 e. The number of hydrogen-bond donors (Lipinski definition) is 2. The van der Waals surface area contributed by atoms with E-state index >= 15 is 0 Å². The minimum atomic E-state index is -0.113. The third-order valence-corrected chi connectivity index (χ3v) is 2.87. The van der Waals surface area contributed by atoms with Crippen LogP contribution in [0.2, 0.25) is 0 Å². The van der Waals surface area contributed by atoms with Crippen molar-refractivity contribution in [3.8, 4) is 11.8 Å². The number of nitrogens with one attached hydrogen (secondary N) is 1. The van der Waals surface area contributed by atoms with Gasteiger partial charge in [0.1, 0.15) is 6.61 Å². The zero-order chi connectivity index (χ0) is 12.5. The van der Waals surface area contributed by atoms with Crippen LogP contribution in [0, 0.1) is 11.8 Å². The second-order valence-corrected chi connectivity index (χ2v) is 4.18. The summed E-state index contributed by atoms with van der Waals surface area (Å²) in [5.41, 5.74) is 6.24. The van der Waals surface area contributed by atoms with Crippen molar-refractivity contribution < 1.29 is 9.53 Å². The van der Waals surface area contributed by atoms with Crippen molar-refractivity contribution in [3.63, 3.8) is 0 Å². The van der Waals surface area contributed by atoms with E-state index < -0.39 is 0 Å². The van der Waals surface area contributed by atoms with Crippen LogP contribution in [-0.2, 0) is 16.1 Å². The van der Waals surface area contributed by atoms with E-state index in [1.807, 2.05) is 18.4 Å². The van der Waals surface area contributed by atoms with E-state index in [4.69, 9.17) is 10.5 Å². The smallest absolute Gasteiger partial charge is 0.246 e. The van der Waals surface area contributed by atoms with Gasteiger partial charge in [-0.15, -0.1) is 11.3 Å². The highest BCUT2D eigenvalue weighted by molar-refractivity contribution is 7.10. The van der Waals surface area contributed by atoms with Crippen LogP contribution in [0.1, 0.15) is 17.4 Å². The number of rotatable bonds is 5. The van der Waals surface area contributed by atoms with Crippen molar-refractivity contribution in [2.24, 2.45) is 5.73 Å². The van der Waals surface area contributed by atoms with Gasteiger partial charge < -0.3 is 15.8 Å². The first-order chi connectivity index (χ1) is 8.27. The molecule has 17 heavy (non-hydrogen) atoms. The molecular formula is C12H16N2O2S. The van der Waals surface area contributed by atoms with E-state index in [1.165, 1.54) is 0 Å². The lowest BCUT2D eigenvalue weighted by Crippen LogP contribution is -2.27. The molecule has 1 amide bonds. The summed E-state index contributed by atoms with van der Waals surface area (Å²) in [6.07, 6.45) is 0. The first-order valence-corrected chi connectivity index (χ1v) is 6.25. The molecule has 0 aliphatic heterocycles. The van der Waals surface area contributed by atoms with Gasteiger partial charge in [-0.1, -0.05) is 11.8 Å². The highest BCUT2D eigenvalue weighted by Gasteiger charge is 2.04. The van der Waals surface area contributed by atoms with Crippen molar-refractivity contribution in [1.82, 2.24) is 5.32 Å². The maximum Gasteiger partial charge on any atom is 0.246 e. The third kappa shape index (κ3) is 5.00. The van der Waals surface area contributed by atoms with Crippen molar-refractivity contribution in [2.75, 3.05) is 19.8 Å². The van der Waals surface area contributed by atoms with Crippen molar-refractivity contribution in [1.29, 1.82) is 0 Å². The van der Waals surface area contributed by atoms with E-state index in [2.05, 4.69) is 17.2 Å². The van der Waals surface area contributed by atoms with E-state index in [0.29, 0.717) is 19.7 Å². The fraction of sp³-hybridized carbons (Fsp3) is 0.417. The molecule has 0 unspecified atom stereocenters. The van der Waals surface area contributed by atoms with Crippen molar-refractivity contribution in [2.45, 2.75) is 13.5 Å². The van der Waals surface area contributed by atoms with E-state index in [1.54, 1.807) is 11.3 Å². The molecule has 4 nitrogen and oxygen atoms in total. The number of amides is 1. The summed E-state index contributed by atoms with van der Waals surface area (Å²) in [4.78, 5) is 12.4. The zero-order valence-electron chi connectivity index (χ0n) is 9.79. The first-order valence-electron chi connectivity index (χ1n) is 5.37. The molecule has 1 heterocycles. The zero-order valence-corrected chi connectivity index (χ0v) is 10.6. The number of ether oxygens (including phenoxy) is 1. The van der Waals surface area contributed by atoms with Gasteiger partial charge in [-0.2, -0.15) is 0 Å². The van der Waals surface area contributed by atoms with Crippen molar-refractivity contribution in [3.05, 3.63) is 21.9 Å². The highest BCUT2D eigenvalue weighted by atomic mass is 32.1. The summed E-state index contributed by atoms with van der Waals surface area (Å²) >= 11 is 1.57. The molecule has 0 aromatic carbocycles. The summed E-state index contributed by atoms with van der Waals surface area (Å²) < 4.78 is 5.01. The van der Waals surface area contributed by atoms with Gasteiger partial charge in [0.05, 0.1) is 13.1 Å². The molecule has 0 bridgehead atoms. The van der Waals surface area contributed by atoms with Crippen LogP contribution >= 0.6 is 11.3 Å². The van der Waals surface area contributed by atoms with Gasteiger partial charge in [0.25, 0.3) is 0 Å². The molecule has 0 radical (unpaired) electrons. The lowest BCUT2D eigenvalue weighted by Gasteiger charge is -2.04. The minimum absolute atomic E-state index is 0.103. The molecule has 0 saturated heterocycles. The van der Waals surface area contributed by atoms with Gasteiger partial charge in [0.15, 0.2) is 0 Å².